The van der Waals surface area contributed by atoms with Gasteiger partial charge in [-0.2, -0.15) is 5.10 Å². The van der Waals surface area contributed by atoms with Crippen LogP contribution in [0.2, 0.25) is 0 Å². The SMILES string of the molecule is CC(C)(CNCC(=O)c1cnn(Cc2ccccc2)c1)NC(=O)O. The van der Waals surface area contributed by atoms with Crippen molar-refractivity contribution in [3.63, 3.8) is 0 Å². The van der Waals surface area contributed by atoms with Crippen molar-refractivity contribution in [1.29, 1.82) is 0 Å². The van der Waals surface area contributed by atoms with E-state index in [4.69, 9.17) is 5.11 Å². The molecule has 2 rings (SSSR count). The van der Waals surface area contributed by atoms with Crippen LogP contribution in [0.1, 0.15) is 29.8 Å². The first kappa shape index (κ1) is 17.7. The van der Waals surface area contributed by atoms with Crippen LogP contribution in [0.5, 0.6) is 0 Å². The number of hydrogen-bond donors (Lipinski definition) is 3. The predicted octanol–water partition coefficient (Wildman–Crippen LogP) is 1.75. The Bertz CT molecular complexity index is 695. The molecule has 0 aliphatic carbocycles. The van der Waals surface area contributed by atoms with Crippen molar-refractivity contribution >= 4 is 11.9 Å². The Morgan fingerprint density at radius 2 is 1.96 bits per heavy atom. The molecule has 128 valence electrons. The van der Waals surface area contributed by atoms with Crippen LogP contribution in [0, 0.1) is 0 Å². The summed E-state index contributed by atoms with van der Waals surface area (Å²) < 4.78 is 1.72. The van der Waals surface area contributed by atoms with Gasteiger partial charge in [0.2, 0.25) is 0 Å². The molecule has 3 N–H and O–H groups in total. The molecule has 7 heteroatoms. The number of aromatic nitrogens is 2. The molecule has 0 fully saturated rings. The fraction of sp³-hybridized carbons (Fsp3) is 0.353. The van der Waals surface area contributed by atoms with Crippen molar-refractivity contribution in [3.8, 4) is 0 Å². The first-order chi connectivity index (χ1) is 11.4. The number of carboxylic acid groups (broad SMARTS) is 1. The van der Waals surface area contributed by atoms with Crippen LogP contribution in [0.25, 0.3) is 0 Å². The Labute approximate surface area is 140 Å². The monoisotopic (exact) mass is 330 g/mol. The second kappa shape index (κ2) is 7.74. The Hall–Kier alpha value is -2.67. The van der Waals surface area contributed by atoms with Crippen molar-refractivity contribution in [2.45, 2.75) is 25.9 Å². The van der Waals surface area contributed by atoms with Gasteiger partial charge < -0.3 is 15.7 Å². The molecule has 0 saturated carbocycles. The molecule has 0 aliphatic heterocycles. The van der Waals surface area contributed by atoms with Crippen LogP contribution < -0.4 is 10.6 Å². The third kappa shape index (κ3) is 5.51. The maximum atomic E-state index is 12.2. The lowest BCUT2D eigenvalue weighted by Crippen LogP contribution is -2.50. The molecule has 0 spiro atoms. The van der Waals surface area contributed by atoms with Gasteiger partial charge in [0.15, 0.2) is 5.78 Å². The summed E-state index contributed by atoms with van der Waals surface area (Å²) in [5, 5.41) is 18.3. The van der Waals surface area contributed by atoms with E-state index in [1.807, 2.05) is 30.3 Å². The average Bonchev–Trinajstić information content (AvgIpc) is 2.95. The van der Waals surface area contributed by atoms with E-state index in [1.165, 1.54) is 0 Å². The second-order valence-electron chi connectivity index (χ2n) is 6.25. The molecule has 0 aliphatic rings. The smallest absolute Gasteiger partial charge is 0.405 e. The molecule has 1 amide bonds. The van der Waals surface area contributed by atoms with Gasteiger partial charge in [-0.15, -0.1) is 0 Å². The van der Waals surface area contributed by atoms with Gasteiger partial charge in [0.05, 0.1) is 30.4 Å². The van der Waals surface area contributed by atoms with Crippen molar-refractivity contribution in [3.05, 3.63) is 53.9 Å². The molecule has 7 nitrogen and oxygen atoms in total. The molecule has 0 radical (unpaired) electrons. The number of rotatable bonds is 8. The lowest BCUT2D eigenvalue weighted by atomic mass is 10.1. The number of carbonyl (C=O) groups excluding carboxylic acids is 1. The van der Waals surface area contributed by atoms with Crippen LogP contribution in [0.4, 0.5) is 4.79 Å². The minimum absolute atomic E-state index is 0.0829. The largest absolute Gasteiger partial charge is 0.465 e. The van der Waals surface area contributed by atoms with Crippen molar-refractivity contribution in [2.75, 3.05) is 13.1 Å². The molecular weight excluding hydrogens is 308 g/mol. The van der Waals surface area contributed by atoms with Gasteiger partial charge in [0.1, 0.15) is 0 Å². The van der Waals surface area contributed by atoms with E-state index in [1.54, 1.807) is 30.9 Å². The summed E-state index contributed by atoms with van der Waals surface area (Å²) in [6, 6.07) is 9.88. The molecule has 1 heterocycles. The fourth-order valence-electron chi connectivity index (χ4n) is 2.29. The minimum atomic E-state index is -1.09. The van der Waals surface area contributed by atoms with Gasteiger partial charge in [0.25, 0.3) is 0 Å². The molecule has 0 saturated heterocycles. The van der Waals surface area contributed by atoms with Gasteiger partial charge in [-0.25, -0.2) is 4.79 Å². The summed E-state index contributed by atoms with van der Waals surface area (Å²) in [6.45, 7) is 4.58. The van der Waals surface area contributed by atoms with Crippen LogP contribution >= 0.6 is 0 Å². The van der Waals surface area contributed by atoms with E-state index in [0.29, 0.717) is 18.7 Å². The molecule has 1 aromatic carbocycles. The van der Waals surface area contributed by atoms with Gasteiger partial charge in [-0.3, -0.25) is 9.48 Å². The Balaban J connectivity index is 1.84. The van der Waals surface area contributed by atoms with E-state index in [-0.39, 0.29) is 12.3 Å². The maximum absolute atomic E-state index is 12.2. The highest BCUT2D eigenvalue weighted by atomic mass is 16.4. The van der Waals surface area contributed by atoms with E-state index >= 15 is 0 Å². The average molecular weight is 330 g/mol. The zero-order valence-electron chi connectivity index (χ0n) is 13.8. The summed E-state index contributed by atoms with van der Waals surface area (Å²) in [7, 11) is 0. The molecule has 0 bridgehead atoms. The second-order valence-corrected chi connectivity index (χ2v) is 6.25. The number of nitrogens with zero attached hydrogens (tertiary/aromatic N) is 2. The highest BCUT2D eigenvalue weighted by Crippen LogP contribution is 2.05. The minimum Gasteiger partial charge on any atom is -0.465 e. The van der Waals surface area contributed by atoms with Crippen molar-refractivity contribution < 1.29 is 14.7 Å². The summed E-state index contributed by atoms with van der Waals surface area (Å²) in [5.74, 6) is -0.0829. The number of carbonyl (C=O) groups is 2. The number of nitrogens with one attached hydrogen (secondary N) is 2. The van der Waals surface area contributed by atoms with Gasteiger partial charge in [-0.05, 0) is 19.4 Å². The van der Waals surface area contributed by atoms with Crippen LogP contribution in [-0.2, 0) is 6.54 Å². The first-order valence-corrected chi connectivity index (χ1v) is 7.67. The topological polar surface area (TPSA) is 96.3 Å². The van der Waals surface area contributed by atoms with E-state index in [2.05, 4.69) is 15.7 Å². The number of hydrogen-bond acceptors (Lipinski definition) is 4. The molecule has 0 atom stereocenters. The number of amides is 1. The normalized spacial score (nSPS) is 11.2. The molecular formula is C17H22N4O3. The molecule has 2 aromatic rings. The Morgan fingerprint density at radius 1 is 1.25 bits per heavy atom. The lowest BCUT2D eigenvalue weighted by Gasteiger charge is -2.24. The summed E-state index contributed by atoms with van der Waals surface area (Å²) >= 11 is 0. The predicted molar refractivity (Wildman–Crippen MR) is 90.2 cm³/mol. The highest BCUT2D eigenvalue weighted by Gasteiger charge is 2.20. The number of Topliss-reactive ketones (excluding diaryl/α,β-unsaturated/α-hetero) is 1. The third-order valence-electron chi connectivity index (χ3n) is 3.44. The quantitative estimate of drug-likeness (QED) is 0.641. The third-order valence-corrected chi connectivity index (χ3v) is 3.44. The maximum Gasteiger partial charge on any atom is 0.405 e. The molecule has 1 aromatic heterocycles. The van der Waals surface area contributed by atoms with Crippen molar-refractivity contribution in [2.24, 2.45) is 0 Å². The van der Waals surface area contributed by atoms with Gasteiger partial charge in [0, 0.05) is 12.7 Å². The van der Waals surface area contributed by atoms with E-state index < -0.39 is 11.6 Å². The Morgan fingerprint density at radius 3 is 2.62 bits per heavy atom. The standard InChI is InChI=1S/C17H22N4O3/c1-17(2,20-16(23)24)12-18-9-15(22)14-8-19-21(11-14)10-13-6-4-3-5-7-13/h3-8,11,18,20H,9-10,12H2,1-2H3,(H,23,24). The van der Waals surface area contributed by atoms with Crippen LogP contribution in [0.15, 0.2) is 42.7 Å². The van der Waals surface area contributed by atoms with Crippen LogP contribution in [-0.4, -0.2) is 45.4 Å². The lowest BCUT2D eigenvalue weighted by molar-refractivity contribution is 0.0989. The van der Waals surface area contributed by atoms with E-state index in [0.717, 1.165) is 5.56 Å². The summed E-state index contributed by atoms with van der Waals surface area (Å²) in [4.78, 5) is 22.8. The molecule has 24 heavy (non-hydrogen) atoms. The van der Waals surface area contributed by atoms with Crippen LogP contribution in [0.3, 0.4) is 0 Å². The van der Waals surface area contributed by atoms with Gasteiger partial charge >= 0.3 is 6.09 Å². The highest BCUT2D eigenvalue weighted by molar-refractivity contribution is 5.97. The zero-order valence-corrected chi connectivity index (χ0v) is 13.8. The summed E-state index contributed by atoms with van der Waals surface area (Å²) in [5.41, 5.74) is 0.991. The van der Waals surface area contributed by atoms with Gasteiger partial charge in [-0.1, -0.05) is 30.3 Å². The Kier molecular flexibility index (Phi) is 5.70. The van der Waals surface area contributed by atoms with E-state index in [9.17, 15) is 9.59 Å². The number of ketones is 1. The molecule has 0 unspecified atom stereocenters. The summed E-state index contributed by atoms with van der Waals surface area (Å²) in [6.07, 6.45) is 2.18. The number of benzene rings is 1. The first-order valence-electron chi connectivity index (χ1n) is 7.67. The van der Waals surface area contributed by atoms with Crippen molar-refractivity contribution in [1.82, 2.24) is 20.4 Å². The zero-order chi connectivity index (χ0) is 17.6. The fourth-order valence-corrected chi connectivity index (χ4v) is 2.29.